The quantitative estimate of drug-likeness (QED) is 0.801. The number of hydrogen-bond donors (Lipinski definition) is 3. The van der Waals surface area contributed by atoms with Crippen LogP contribution in [0.15, 0.2) is 48.5 Å². The van der Waals surface area contributed by atoms with E-state index in [9.17, 15) is 9.90 Å². The number of urea groups is 1. The van der Waals surface area contributed by atoms with Gasteiger partial charge in [0.25, 0.3) is 0 Å². The minimum atomic E-state index is -0.289. The van der Waals surface area contributed by atoms with E-state index in [1.165, 1.54) is 13.2 Å². The zero-order chi connectivity index (χ0) is 14.4. The highest BCUT2D eigenvalue weighted by molar-refractivity contribution is 5.89. The first-order valence-electron chi connectivity index (χ1n) is 6.15. The van der Waals surface area contributed by atoms with Crippen LogP contribution in [0.2, 0.25) is 0 Å². The maximum absolute atomic E-state index is 11.7. The Morgan fingerprint density at radius 3 is 2.65 bits per heavy atom. The zero-order valence-electron chi connectivity index (χ0n) is 11.1. The number of hydrogen-bond acceptors (Lipinski definition) is 3. The van der Waals surface area contributed by atoms with E-state index in [2.05, 4.69) is 10.6 Å². The number of methoxy groups -OCH3 is 1. The van der Waals surface area contributed by atoms with E-state index >= 15 is 0 Å². The molecule has 0 saturated carbocycles. The van der Waals surface area contributed by atoms with Crippen LogP contribution in [0.4, 0.5) is 10.5 Å². The van der Waals surface area contributed by atoms with Gasteiger partial charge in [-0.05, 0) is 29.8 Å². The third-order valence-corrected chi connectivity index (χ3v) is 2.73. The summed E-state index contributed by atoms with van der Waals surface area (Å²) in [6.45, 7) is 0.343. The monoisotopic (exact) mass is 272 g/mol. The molecule has 20 heavy (non-hydrogen) atoms. The fraction of sp³-hybridized carbons (Fsp3) is 0.133. The van der Waals surface area contributed by atoms with Crippen molar-refractivity contribution >= 4 is 11.7 Å². The molecule has 5 nitrogen and oxygen atoms in total. The number of carbonyl (C=O) groups excluding carboxylic acids is 1. The molecule has 0 aromatic heterocycles. The van der Waals surface area contributed by atoms with Gasteiger partial charge in [0.2, 0.25) is 0 Å². The molecule has 2 amide bonds. The van der Waals surface area contributed by atoms with Crippen molar-refractivity contribution in [3.05, 3.63) is 54.1 Å². The van der Waals surface area contributed by atoms with E-state index in [1.54, 1.807) is 12.1 Å². The summed E-state index contributed by atoms with van der Waals surface area (Å²) in [6.07, 6.45) is 0. The normalized spacial score (nSPS) is 9.85. The topological polar surface area (TPSA) is 70.6 Å². The summed E-state index contributed by atoms with van der Waals surface area (Å²) in [4.78, 5) is 11.7. The van der Waals surface area contributed by atoms with Crippen LogP contribution in [0.25, 0.3) is 0 Å². The second-order valence-corrected chi connectivity index (χ2v) is 4.18. The van der Waals surface area contributed by atoms with E-state index in [0.29, 0.717) is 12.3 Å². The van der Waals surface area contributed by atoms with Crippen LogP contribution >= 0.6 is 0 Å². The number of phenols is 1. The van der Waals surface area contributed by atoms with Crippen LogP contribution in [0, 0.1) is 0 Å². The first-order valence-corrected chi connectivity index (χ1v) is 6.15. The number of phenolic OH excluding ortho intramolecular Hbond substituents is 1. The fourth-order valence-corrected chi connectivity index (χ4v) is 1.71. The maximum atomic E-state index is 11.7. The Labute approximate surface area is 117 Å². The summed E-state index contributed by atoms with van der Waals surface area (Å²) in [5.41, 5.74) is 1.57. The lowest BCUT2D eigenvalue weighted by molar-refractivity contribution is 0.251. The Kier molecular flexibility index (Phi) is 4.44. The number of para-hydroxylation sites is 1. The van der Waals surface area contributed by atoms with E-state index < -0.39 is 0 Å². The largest absolute Gasteiger partial charge is 0.504 e. The van der Waals surface area contributed by atoms with Crippen LogP contribution in [-0.4, -0.2) is 18.2 Å². The van der Waals surface area contributed by atoms with E-state index in [4.69, 9.17) is 4.74 Å². The zero-order valence-corrected chi connectivity index (χ0v) is 11.1. The average Bonchev–Trinajstić information content (AvgIpc) is 2.47. The van der Waals surface area contributed by atoms with E-state index in [-0.39, 0.29) is 11.8 Å². The molecule has 2 aromatic rings. The lowest BCUT2D eigenvalue weighted by atomic mass is 10.2. The highest BCUT2D eigenvalue weighted by Crippen LogP contribution is 2.26. The molecule has 104 valence electrons. The van der Waals surface area contributed by atoms with Crippen molar-refractivity contribution in [2.45, 2.75) is 6.54 Å². The number of anilines is 1. The van der Waals surface area contributed by atoms with Crippen LogP contribution in [-0.2, 0) is 6.54 Å². The second kappa shape index (κ2) is 6.47. The van der Waals surface area contributed by atoms with Gasteiger partial charge in [0.05, 0.1) is 7.11 Å². The van der Waals surface area contributed by atoms with Crippen LogP contribution in [0.1, 0.15) is 5.56 Å². The minimum absolute atomic E-state index is 0.0741. The first-order chi connectivity index (χ1) is 9.69. The number of amides is 2. The number of ether oxygens (including phenoxy) is 1. The third kappa shape index (κ3) is 3.65. The Bertz CT molecular complexity index is 585. The van der Waals surface area contributed by atoms with Gasteiger partial charge in [0.1, 0.15) is 0 Å². The number of carbonyl (C=O) groups is 1. The predicted molar refractivity (Wildman–Crippen MR) is 77.0 cm³/mol. The highest BCUT2D eigenvalue weighted by atomic mass is 16.5. The molecule has 0 atom stereocenters. The summed E-state index contributed by atoms with van der Waals surface area (Å²) < 4.78 is 5.01. The number of rotatable bonds is 4. The van der Waals surface area contributed by atoms with Gasteiger partial charge in [-0.3, -0.25) is 0 Å². The molecule has 5 heteroatoms. The SMILES string of the molecule is COc1cc(CNC(=O)Nc2ccccc2)ccc1O. The average molecular weight is 272 g/mol. The summed E-state index contributed by atoms with van der Waals surface area (Å²) in [6, 6.07) is 13.8. The summed E-state index contributed by atoms with van der Waals surface area (Å²) >= 11 is 0. The summed E-state index contributed by atoms with van der Waals surface area (Å²) in [7, 11) is 1.48. The van der Waals surface area contributed by atoms with Gasteiger partial charge in [0, 0.05) is 12.2 Å². The van der Waals surface area contributed by atoms with E-state index in [0.717, 1.165) is 11.3 Å². The Morgan fingerprint density at radius 2 is 1.95 bits per heavy atom. The summed E-state index contributed by atoms with van der Waals surface area (Å²) in [5, 5.41) is 14.9. The first kappa shape index (κ1) is 13.7. The Morgan fingerprint density at radius 1 is 1.20 bits per heavy atom. The van der Waals surface area contributed by atoms with Gasteiger partial charge in [-0.25, -0.2) is 4.79 Å². The molecule has 0 heterocycles. The van der Waals surface area contributed by atoms with Gasteiger partial charge in [-0.1, -0.05) is 24.3 Å². The lowest BCUT2D eigenvalue weighted by Gasteiger charge is -2.09. The number of aromatic hydroxyl groups is 1. The van der Waals surface area contributed by atoms with Crippen LogP contribution in [0.5, 0.6) is 11.5 Å². The Hall–Kier alpha value is -2.69. The molecule has 3 N–H and O–H groups in total. The molecule has 0 aliphatic carbocycles. The van der Waals surface area contributed by atoms with Crippen molar-refractivity contribution in [3.8, 4) is 11.5 Å². The van der Waals surface area contributed by atoms with Crippen molar-refractivity contribution in [1.82, 2.24) is 5.32 Å². The number of nitrogens with one attached hydrogen (secondary N) is 2. The van der Waals surface area contributed by atoms with Crippen molar-refractivity contribution in [3.63, 3.8) is 0 Å². The molecule has 0 bridgehead atoms. The smallest absolute Gasteiger partial charge is 0.319 e. The van der Waals surface area contributed by atoms with Crippen molar-refractivity contribution in [1.29, 1.82) is 0 Å². The van der Waals surface area contributed by atoms with Gasteiger partial charge >= 0.3 is 6.03 Å². The molecular weight excluding hydrogens is 256 g/mol. The van der Waals surface area contributed by atoms with Gasteiger partial charge in [0.15, 0.2) is 11.5 Å². The van der Waals surface area contributed by atoms with Gasteiger partial charge in [-0.15, -0.1) is 0 Å². The molecule has 0 radical (unpaired) electrons. The van der Waals surface area contributed by atoms with Gasteiger partial charge in [-0.2, -0.15) is 0 Å². The third-order valence-electron chi connectivity index (χ3n) is 2.73. The van der Waals surface area contributed by atoms with Crippen molar-refractivity contribution < 1.29 is 14.6 Å². The molecule has 0 aliphatic heterocycles. The molecule has 0 unspecified atom stereocenters. The molecule has 0 saturated heterocycles. The number of benzene rings is 2. The van der Waals surface area contributed by atoms with Crippen molar-refractivity contribution in [2.75, 3.05) is 12.4 Å². The summed E-state index contributed by atoms with van der Waals surface area (Å²) in [5.74, 6) is 0.456. The highest BCUT2D eigenvalue weighted by Gasteiger charge is 2.05. The second-order valence-electron chi connectivity index (χ2n) is 4.18. The standard InChI is InChI=1S/C15H16N2O3/c1-20-14-9-11(7-8-13(14)18)10-16-15(19)17-12-5-3-2-4-6-12/h2-9,18H,10H2,1H3,(H2,16,17,19). The van der Waals surface area contributed by atoms with Gasteiger partial charge < -0.3 is 20.5 Å². The molecule has 2 aromatic carbocycles. The molecule has 2 rings (SSSR count). The van der Waals surface area contributed by atoms with Crippen LogP contribution in [0.3, 0.4) is 0 Å². The fourth-order valence-electron chi connectivity index (χ4n) is 1.71. The molecule has 0 spiro atoms. The molecule has 0 fully saturated rings. The molecule has 0 aliphatic rings. The predicted octanol–water partition coefficient (Wildman–Crippen LogP) is 2.72. The van der Waals surface area contributed by atoms with E-state index in [1.807, 2.05) is 30.3 Å². The van der Waals surface area contributed by atoms with Crippen molar-refractivity contribution in [2.24, 2.45) is 0 Å². The maximum Gasteiger partial charge on any atom is 0.319 e. The molecular formula is C15H16N2O3. The minimum Gasteiger partial charge on any atom is -0.504 e. The lowest BCUT2D eigenvalue weighted by Crippen LogP contribution is -2.28. The van der Waals surface area contributed by atoms with Crippen LogP contribution < -0.4 is 15.4 Å². The Balaban J connectivity index is 1.90.